The lowest BCUT2D eigenvalue weighted by Crippen LogP contribution is -2.14. The van der Waals surface area contributed by atoms with Gasteiger partial charge in [-0.15, -0.1) is 0 Å². The van der Waals surface area contributed by atoms with Crippen molar-refractivity contribution in [1.82, 2.24) is 0 Å². The molecule has 0 fully saturated rings. The van der Waals surface area contributed by atoms with Gasteiger partial charge < -0.3 is 9.84 Å². The highest BCUT2D eigenvalue weighted by Gasteiger charge is 2.11. The number of allylic oxidation sites excluding steroid dienone is 2. The van der Waals surface area contributed by atoms with E-state index in [2.05, 4.69) is 13.8 Å². The van der Waals surface area contributed by atoms with Gasteiger partial charge in [-0.2, -0.15) is 0 Å². The number of rotatable bonds is 6. The van der Waals surface area contributed by atoms with Gasteiger partial charge in [-0.25, -0.2) is 0 Å². The normalized spacial score (nSPS) is 21.8. The van der Waals surface area contributed by atoms with Gasteiger partial charge in [0.2, 0.25) is 0 Å². The molecule has 0 spiro atoms. The first-order valence-corrected chi connectivity index (χ1v) is 6.32. The smallest absolute Gasteiger partial charge is 0.307 e. The van der Waals surface area contributed by atoms with Crippen LogP contribution in [0.15, 0.2) is 23.8 Å². The molecule has 0 heterocycles. The van der Waals surface area contributed by atoms with Crippen molar-refractivity contribution in [1.29, 1.82) is 0 Å². The fourth-order valence-corrected chi connectivity index (χ4v) is 1.68. The molecule has 1 N–H and O–H groups in total. The predicted octanol–water partition coefficient (Wildman–Crippen LogP) is 3.17. The number of carbonyl (C=O) groups is 1. The Morgan fingerprint density at radius 3 is 3.06 bits per heavy atom. The largest absolute Gasteiger partial charge is 0.481 e. The Morgan fingerprint density at radius 2 is 2.41 bits per heavy atom. The monoisotopic (exact) mass is 238 g/mol. The fraction of sp³-hybridized carbons (Fsp3) is 0.643. The Hall–Kier alpha value is -1.09. The molecule has 3 nitrogen and oxygen atoms in total. The molecule has 2 unspecified atom stereocenters. The molecule has 1 rings (SSSR count). The van der Waals surface area contributed by atoms with Gasteiger partial charge in [0, 0.05) is 6.61 Å². The molecule has 0 aromatic heterocycles. The summed E-state index contributed by atoms with van der Waals surface area (Å²) in [6.07, 6.45) is 9.07. The maximum atomic E-state index is 10.6. The minimum atomic E-state index is -0.778. The van der Waals surface area contributed by atoms with E-state index in [4.69, 9.17) is 9.84 Å². The third kappa shape index (κ3) is 5.68. The van der Waals surface area contributed by atoms with Gasteiger partial charge in [0.05, 0.1) is 12.5 Å². The SMILES string of the molecule is CCC(C)COC1C=CC(CC(=O)O)=CCC1. The first-order valence-electron chi connectivity index (χ1n) is 6.32. The summed E-state index contributed by atoms with van der Waals surface area (Å²) in [5.41, 5.74) is 0.882. The third-order valence-corrected chi connectivity index (χ3v) is 3.03. The number of carboxylic acids is 1. The summed E-state index contributed by atoms with van der Waals surface area (Å²) < 4.78 is 5.80. The Labute approximate surface area is 103 Å². The first kappa shape index (κ1) is 14.0. The highest BCUT2D eigenvalue weighted by atomic mass is 16.5. The lowest BCUT2D eigenvalue weighted by molar-refractivity contribution is -0.136. The molecule has 2 atom stereocenters. The summed E-state index contributed by atoms with van der Waals surface area (Å²) in [7, 11) is 0. The second kappa shape index (κ2) is 7.28. The van der Waals surface area contributed by atoms with Crippen molar-refractivity contribution in [3.05, 3.63) is 23.8 Å². The van der Waals surface area contributed by atoms with E-state index in [-0.39, 0.29) is 12.5 Å². The molecule has 1 aliphatic rings. The van der Waals surface area contributed by atoms with E-state index in [0.717, 1.165) is 31.4 Å². The standard InChI is InChI=1S/C14H22O3/c1-3-11(2)10-17-13-6-4-5-12(7-8-13)9-14(15)16/h5,7-8,11,13H,3-4,6,9-10H2,1-2H3,(H,15,16). The molecule has 3 heteroatoms. The van der Waals surface area contributed by atoms with Crippen LogP contribution in [0.3, 0.4) is 0 Å². The van der Waals surface area contributed by atoms with E-state index >= 15 is 0 Å². The van der Waals surface area contributed by atoms with Gasteiger partial charge in [0.1, 0.15) is 0 Å². The fourth-order valence-electron chi connectivity index (χ4n) is 1.68. The van der Waals surface area contributed by atoms with Crippen LogP contribution in [0.25, 0.3) is 0 Å². The van der Waals surface area contributed by atoms with E-state index in [0.29, 0.717) is 5.92 Å². The summed E-state index contributed by atoms with van der Waals surface area (Å²) in [6.45, 7) is 5.11. The molecule has 0 bridgehead atoms. The summed E-state index contributed by atoms with van der Waals surface area (Å²) in [5.74, 6) is -0.196. The van der Waals surface area contributed by atoms with Gasteiger partial charge >= 0.3 is 5.97 Å². The predicted molar refractivity (Wildman–Crippen MR) is 67.9 cm³/mol. The quantitative estimate of drug-likeness (QED) is 0.773. The van der Waals surface area contributed by atoms with Crippen molar-refractivity contribution >= 4 is 5.97 Å². The molecule has 0 aromatic carbocycles. The zero-order valence-electron chi connectivity index (χ0n) is 10.7. The molecule has 0 amide bonds. The zero-order chi connectivity index (χ0) is 12.7. The third-order valence-electron chi connectivity index (χ3n) is 3.03. The lowest BCUT2D eigenvalue weighted by atomic mass is 10.1. The number of carboxylic acid groups (broad SMARTS) is 1. The van der Waals surface area contributed by atoms with Crippen LogP contribution in [0.5, 0.6) is 0 Å². The molecule has 17 heavy (non-hydrogen) atoms. The van der Waals surface area contributed by atoms with Gasteiger partial charge in [-0.3, -0.25) is 4.79 Å². The highest BCUT2D eigenvalue weighted by Crippen LogP contribution is 2.17. The summed E-state index contributed by atoms with van der Waals surface area (Å²) in [5, 5.41) is 8.73. The molecule has 0 saturated carbocycles. The zero-order valence-corrected chi connectivity index (χ0v) is 10.7. The van der Waals surface area contributed by atoms with Crippen LogP contribution in [-0.4, -0.2) is 23.8 Å². The maximum Gasteiger partial charge on any atom is 0.307 e. The van der Waals surface area contributed by atoms with Crippen LogP contribution in [0.1, 0.15) is 39.5 Å². The molecular weight excluding hydrogens is 216 g/mol. The van der Waals surface area contributed by atoms with Gasteiger partial charge in [0.15, 0.2) is 0 Å². The Kier molecular flexibility index (Phi) is 5.98. The van der Waals surface area contributed by atoms with Crippen LogP contribution in [0, 0.1) is 5.92 Å². The van der Waals surface area contributed by atoms with Crippen molar-refractivity contribution in [2.24, 2.45) is 5.92 Å². The highest BCUT2D eigenvalue weighted by molar-refractivity contribution is 5.71. The number of hydrogen-bond acceptors (Lipinski definition) is 2. The summed E-state index contributed by atoms with van der Waals surface area (Å²) in [6, 6.07) is 0. The summed E-state index contributed by atoms with van der Waals surface area (Å²) >= 11 is 0. The van der Waals surface area contributed by atoms with Gasteiger partial charge in [-0.1, -0.05) is 38.5 Å². The van der Waals surface area contributed by atoms with Crippen LogP contribution >= 0.6 is 0 Å². The Morgan fingerprint density at radius 1 is 1.65 bits per heavy atom. The van der Waals surface area contributed by atoms with E-state index < -0.39 is 5.97 Å². The number of ether oxygens (including phenoxy) is 1. The molecule has 1 aliphatic carbocycles. The van der Waals surface area contributed by atoms with Gasteiger partial charge in [-0.05, 0) is 24.3 Å². The molecule has 0 radical (unpaired) electrons. The van der Waals surface area contributed by atoms with Crippen molar-refractivity contribution in [2.75, 3.05) is 6.61 Å². The van der Waals surface area contributed by atoms with Crippen LogP contribution in [0.4, 0.5) is 0 Å². The van der Waals surface area contributed by atoms with Crippen LogP contribution < -0.4 is 0 Å². The van der Waals surface area contributed by atoms with Crippen molar-refractivity contribution in [3.8, 4) is 0 Å². The van der Waals surface area contributed by atoms with E-state index in [1.807, 2.05) is 18.2 Å². The van der Waals surface area contributed by atoms with E-state index in [1.54, 1.807) is 0 Å². The topological polar surface area (TPSA) is 46.5 Å². The van der Waals surface area contributed by atoms with E-state index in [9.17, 15) is 4.79 Å². The molecule has 0 aliphatic heterocycles. The van der Waals surface area contributed by atoms with E-state index in [1.165, 1.54) is 0 Å². The Balaban J connectivity index is 2.40. The average Bonchev–Trinajstić information content (AvgIpc) is 2.51. The van der Waals surface area contributed by atoms with Crippen LogP contribution in [0.2, 0.25) is 0 Å². The Bertz CT molecular complexity index is 305. The van der Waals surface area contributed by atoms with Crippen molar-refractivity contribution < 1.29 is 14.6 Å². The maximum absolute atomic E-state index is 10.6. The lowest BCUT2D eigenvalue weighted by Gasteiger charge is -2.15. The molecular formula is C14H22O3. The minimum absolute atomic E-state index is 0.106. The van der Waals surface area contributed by atoms with Crippen molar-refractivity contribution in [3.63, 3.8) is 0 Å². The second-order valence-corrected chi connectivity index (χ2v) is 4.67. The van der Waals surface area contributed by atoms with Crippen LogP contribution in [-0.2, 0) is 9.53 Å². The van der Waals surface area contributed by atoms with Gasteiger partial charge in [0.25, 0.3) is 0 Å². The molecule has 0 aromatic rings. The molecule has 0 saturated heterocycles. The van der Waals surface area contributed by atoms with Crippen molar-refractivity contribution in [2.45, 2.75) is 45.6 Å². The second-order valence-electron chi connectivity index (χ2n) is 4.67. The average molecular weight is 238 g/mol. The number of aliphatic carboxylic acids is 1. The molecule has 96 valence electrons. The number of hydrogen-bond donors (Lipinski definition) is 1. The minimum Gasteiger partial charge on any atom is -0.481 e. The summed E-state index contributed by atoms with van der Waals surface area (Å²) in [4.78, 5) is 10.6. The first-order chi connectivity index (χ1) is 8.11.